The molecule has 0 heterocycles. The first-order chi connectivity index (χ1) is 6.65. The van der Waals surface area contributed by atoms with E-state index in [1.54, 1.807) is 13.8 Å². The Morgan fingerprint density at radius 3 is 2.07 bits per heavy atom. The Balaban J connectivity index is 4.24. The van der Waals surface area contributed by atoms with E-state index in [4.69, 9.17) is 14.2 Å². The lowest BCUT2D eigenvalue weighted by Crippen LogP contribution is -2.36. The standard InChI is InChI=1S/C9H16O5/c1-4-12-9(13-5-2)8(6-10)14-7(3)11/h6,8-9H,4-5H2,1-3H3/t8-/m0/s1. The molecule has 0 aromatic heterocycles. The van der Waals surface area contributed by atoms with Crippen LogP contribution in [0.3, 0.4) is 0 Å². The van der Waals surface area contributed by atoms with E-state index in [-0.39, 0.29) is 0 Å². The van der Waals surface area contributed by atoms with Crippen molar-refractivity contribution >= 4 is 12.3 Å². The van der Waals surface area contributed by atoms with Crippen LogP contribution >= 0.6 is 0 Å². The summed E-state index contributed by atoms with van der Waals surface area (Å²) in [4.78, 5) is 21.2. The predicted octanol–water partition coefficient (Wildman–Crippen LogP) is 0.516. The topological polar surface area (TPSA) is 61.8 Å². The first-order valence-electron chi connectivity index (χ1n) is 4.51. The lowest BCUT2D eigenvalue weighted by atomic mass is 10.4. The van der Waals surface area contributed by atoms with Gasteiger partial charge in [0.25, 0.3) is 0 Å². The van der Waals surface area contributed by atoms with E-state index in [0.717, 1.165) is 0 Å². The highest BCUT2D eigenvalue weighted by Gasteiger charge is 2.24. The van der Waals surface area contributed by atoms with Gasteiger partial charge in [0.1, 0.15) is 0 Å². The average molecular weight is 204 g/mol. The van der Waals surface area contributed by atoms with Crippen LogP contribution in [0.4, 0.5) is 0 Å². The molecule has 0 aliphatic heterocycles. The SMILES string of the molecule is CCOC(OCC)[C@H](C=O)OC(C)=O. The summed E-state index contributed by atoms with van der Waals surface area (Å²) < 4.78 is 14.9. The van der Waals surface area contributed by atoms with E-state index < -0.39 is 18.4 Å². The van der Waals surface area contributed by atoms with E-state index in [1.807, 2.05) is 0 Å². The molecule has 0 radical (unpaired) electrons. The minimum absolute atomic E-state index is 0.385. The fraction of sp³-hybridized carbons (Fsp3) is 0.778. The lowest BCUT2D eigenvalue weighted by Gasteiger charge is -2.21. The van der Waals surface area contributed by atoms with Gasteiger partial charge in [0, 0.05) is 20.1 Å². The molecule has 0 saturated carbocycles. The molecule has 0 rings (SSSR count). The number of ether oxygens (including phenoxy) is 3. The Hall–Kier alpha value is -0.940. The quantitative estimate of drug-likeness (QED) is 0.343. The first-order valence-corrected chi connectivity index (χ1v) is 4.51. The van der Waals surface area contributed by atoms with Crippen molar-refractivity contribution < 1.29 is 23.8 Å². The van der Waals surface area contributed by atoms with Crippen LogP contribution in [0.15, 0.2) is 0 Å². The molecule has 0 bridgehead atoms. The van der Waals surface area contributed by atoms with Crippen LogP contribution in [0, 0.1) is 0 Å². The molecular weight excluding hydrogens is 188 g/mol. The lowest BCUT2D eigenvalue weighted by molar-refractivity contribution is -0.201. The Bertz CT molecular complexity index is 174. The number of rotatable bonds is 7. The summed E-state index contributed by atoms with van der Waals surface area (Å²) in [6, 6.07) is 0. The van der Waals surface area contributed by atoms with Gasteiger partial charge in [-0.25, -0.2) is 0 Å². The van der Waals surface area contributed by atoms with Gasteiger partial charge in [-0.15, -0.1) is 0 Å². The van der Waals surface area contributed by atoms with Crippen LogP contribution in [0.5, 0.6) is 0 Å². The van der Waals surface area contributed by atoms with Crippen molar-refractivity contribution in [1.82, 2.24) is 0 Å². The Labute approximate surface area is 83.3 Å². The molecule has 0 aliphatic rings. The molecule has 0 aromatic carbocycles. The van der Waals surface area contributed by atoms with Crippen molar-refractivity contribution in [2.45, 2.75) is 33.2 Å². The maximum atomic E-state index is 10.6. The molecule has 0 amide bonds. The molecule has 0 aromatic rings. The van der Waals surface area contributed by atoms with Crippen molar-refractivity contribution in [3.05, 3.63) is 0 Å². The zero-order valence-electron chi connectivity index (χ0n) is 8.69. The fourth-order valence-corrected chi connectivity index (χ4v) is 0.905. The zero-order valence-corrected chi connectivity index (χ0v) is 8.69. The molecule has 1 atom stereocenters. The summed E-state index contributed by atoms with van der Waals surface area (Å²) in [7, 11) is 0. The third-order valence-corrected chi connectivity index (χ3v) is 1.37. The van der Waals surface area contributed by atoms with Crippen molar-refractivity contribution in [2.24, 2.45) is 0 Å². The molecule has 0 spiro atoms. The molecule has 0 unspecified atom stereocenters. The van der Waals surface area contributed by atoms with Crippen LogP contribution < -0.4 is 0 Å². The highest BCUT2D eigenvalue weighted by Crippen LogP contribution is 2.04. The summed E-state index contributed by atoms with van der Waals surface area (Å²) in [6.45, 7) is 5.53. The number of carbonyl (C=O) groups excluding carboxylic acids is 2. The van der Waals surface area contributed by atoms with E-state index in [9.17, 15) is 9.59 Å². The Morgan fingerprint density at radius 2 is 1.79 bits per heavy atom. The third kappa shape index (κ3) is 4.94. The zero-order chi connectivity index (χ0) is 11.0. The molecule has 0 fully saturated rings. The van der Waals surface area contributed by atoms with Gasteiger partial charge in [0.05, 0.1) is 0 Å². The highest BCUT2D eigenvalue weighted by molar-refractivity contribution is 5.70. The molecule has 5 nitrogen and oxygen atoms in total. The minimum atomic E-state index is -0.993. The van der Waals surface area contributed by atoms with Crippen molar-refractivity contribution in [1.29, 1.82) is 0 Å². The van der Waals surface area contributed by atoms with Crippen LogP contribution in [0.2, 0.25) is 0 Å². The predicted molar refractivity (Wildman–Crippen MR) is 48.7 cm³/mol. The number of aldehydes is 1. The second-order valence-corrected chi connectivity index (χ2v) is 2.49. The molecule has 0 aliphatic carbocycles. The molecule has 14 heavy (non-hydrogen) atoms. The smallest absolute Gasteiger partial charge is 0.303 e. The van der Waals surface area contributed by atoms with Gasteiger partial charge in [-0.2, -0.15) is 0 Å². The molecule has 0 N–H and O–H groups in total. The minimum Gasteiger partial charge on any atom is -0.449 e. The Kier molecular flexibility index (Phi) is 6.96. The van der Waals surface area contributed by atoms with Crippen molar-refractivity contribution in [3.8, 4) is 0 Å². The van der Waals surface area contributed by atoms with Gasteiger partial charge in [0.15, 0.2) is 6.29 Å². The summed E-state index contributed by atoms with van der Waals surface area (Å²) >= 11 is 0. The molecule has 0 saturated heterocycles. The van der Waals surface area contributed by atoms with Gasteiger partial charge in [-0.3, -0.25) is 9.59 Å². The van der Waals surface area contributed by atoms with Crippen molar-refractivity contribution in [3.63, 3.8) is 0 Å². The first kappa shape index (κ1) is 13.1. The second kappa shape index (κ2) is 7.46. The molecule has 5 heteroatoms. The van der Waals surface area contributed by atoms with Crippen LogP contribution in [-0.4, -0.2) is 37.9 Å². The summed E-state index contributed by atoms with van der Waals surface area (Å²) in [6.07, 6.45) is -1.31. The van der Waals surface area contributed by atoms with Crippen LogP contribution in [0.25, 0.3) is 0 Å². The maximum absolute atomic E-state index is 10.6. The normalized spacial score (nSPS) is 12.6. The number of hydrogen-bond acceptors (Lipinski definition) is 5. The average Bonchev–Trinajstić information content (AvgIpc) is 2.13. The van der Waals surface area contributed by atoms with E-state index in [2.05, 4.69) is 0 Å². The fourth-order valence-electron chi connectivity index (χ4n) is 0.905. The van der Waals surface area contributed by atoms with E-state index in [0.29, 0.717) is 19.5 Å². The highest BCUT2D eigenvalue weighted by atomic mass is 16.7. The third-order valence-electron chi connectivity index (χ3n) is 1.37. The van der Waals surface area contributed by atoms with Gasteiger partial charge >= 0.3 is 5.97 Å². The van der Waals surface area contributed by atoms with Gasteiger partial charge in [0.2, 0.25) is 12.4 Å². The second-order valence-electron chi connectivity index (χ2n) is 2.49. The van der Waals surface area contributed by atoms with E-state index >= 15 is 0 Å². The largest absolute Gasteiger partial charge is 0.449 e. The van der Waals surface area contributed by atoms with Gasteiger partial charge in [-0.1, -0.05) is 0 Å². The van der Waals surface area contributed by atoms with Crippen molar-refractivity contribution in [2.75, 3.05) is 13.2 Å². The summed E-state index contributed by atoms with van der Waals surface area (Å²) in [5.74, 6) is -0.536. The number of hydrogen-bond donors (Lipinski definition) is 0. The van der Waals surface area contributed by atoms with Crippen LogP contribution in [-0.2, 0) is 23.8 Å². The van der Waals surface area contributed by atoms with E-state index in [1.165, 1.54) is 6.92 Å². The summed E-state index contributed by atoms with van der Waals surface area (Å²) in [5, 5.41) is 0. The maximum Gasteiger partial charge on any atom is 0.303 e. The van der Waals surface area contributed by atoms with Crippen LogP contribution in [0.1, 0.15) is 20.8 Å². The molecular formula is C9H16O5. The van der Waals surface area contributed by atoms with Gasteiger partial charge in [-0.05, 0) is 13.8 Å². The Morgan fingerprint density at radius 1 is 1.29 bits per heavy atom. The van der Waals surface area contributed by atoms with Gasteiger partial charge < -0.3 is 14.2 Å². The summed E-state index contributed by atoms with van der Waals surface area (Å²) in [5.41, 5.74) is 0. The molecule has 82 valence electrons. The number of carbonyl (C=O) groups is 2. The monoisotopic (exact) mass is 204 g/mol. The number of esters is 1.